The first-order valence-corrected chi connectivity index (χ1v) is 5.53. The van der Waals surface area contributed by atoms with E-state index >= 15 is 0 Å². The molecule has 0 fully saturated rings. The SMILES string of the molecule is COc1ccccc1OCCNCC(O)CO. The van der Waals surface area contributed by atoms with Crippen molar-refractivity contribution >= 4 is 0 Å². The summed E-state index contributed by atoms with van der Waals surface area (Å²) in [5.41, 5.74) is 0. The van der Waals surface area contributed by atoms with Crippen LogP contribution in [0.5, 0.6) is 11.5 Å². The van der Waals surface area contributed by atoms with Gasteiger partial charge in [0.1, 0.15) is 6.61 Å². The van der Waals surface area contributed by atoms with E-state index in [1.807, 2.05) is 24.3 Å². The van der Waals surface area contributed by atoms with E-state index in [4.69, 9.17) is 19.7 Å². The second-order valence-corrected chi connectivity index (χ2v) is 3.54. The third kappa shape index (κ3) is 5.04. The van der Waals surface area contributed by atoms with Crippen LogP contribution in [0.1, 0.15) is 0 Å². The van der Waals surface area contributed by atoms with E-state index in [0.717, 1.165) is 0 Å². The maximum absolute atomic E-state index is 9.08. The Kier molecular flexibility index (Phi) is 6.39. The summed E-state index contributed by atoms with van der Waals surface area (Å²) in [7, 11) is 1.60. The molecule has 0 saturated heterocycles. The Hall–Kier alpha value is -1.30. The van der Waals surface area contributed by atoms with Gasteiger partial charge in [-0.2, -0.15) is 0 Å². The maximum Gasteiger partial charge on any atom is 0.161 e. The Balaban J connectivity index is 2.22. The van der Waals surface area contributed by atoms with Gasteiger partial charge in [0, 0.05) is 13.1 Å². The van der Waals surface area contributed by atoms with Crippen LogP contribution in [0.15, 0.2) is 24.3 Å². The fourth-order valence-electron chi connectivity index (χ4n) is 1.30. The van der Waals surface area contributed by atoms with Crippen LogP contribution in [-0.4, -0.2) is 49.7 Å². The predicted molar refractivity (Wildman–Crippen MR) is 64.5 cm³/mol. The van der Waals surface area contributed by atoms with E-state index in [0.29, 0.717) is 31.2 Å². The quantitative estimate of drug-likeness (QED) is 0.560. The largest absolute Gasteiger partial charge is 0.493 e. The second-order valence-electron chi connectivity index (χ2n) is 3.54. The number of nitrogens with one attached hydrogen (secondary N) is 1. The molecule has 0 spiro atoms. The molecule has 0 saturated carbocycles. The molecule has 0 heterocycles. The van der Waals surface area contributed by atoms with Crippen molar-refractivity contribution in [1.82, 2.24) is 5.32 Å². The van der Waals surface area contributed by atoms with Crippen LogP contribution in [0.25, 0.3) is 0 Å². The summed E-state index contributed by atoms with van der Waals surface area (Å²) in [5, 5.41) is 20.7. The molecule has 0 aromatic heterocycles. The minimum atomic E-state index is -0.721. The molecule has 1 rings (SSSR count). The van der Waals surface area contributed by atoms with Crippen molar-refractivity contribution in [3.05, 3.63) is 24.3 Å². The lowest BCUT2D eigenvalue weighted by molar-refractivity contribution is 0.0936. The molecule has 0 bridgehead atoms. The summed E-state index contributed by atoms with van der Waals surface area (Å²) < 4.78 is 10.7. The molecular formula is C12H19NO4. The van der Waals surface area contributed by atoms with Gasteiger partial charge in [0.15, 0.2) is 11.5 Å². The van der Waals surface area contributed by atoms with Crippen LogP contribution in [0, 0.1) is 0 Å². The molecule has 1 unspecified atom stereocenters. The molecule has 1 aromatic carbocycles. The Morgan fingerprint density at radius 2 is 2.00 bits per heavy atom. The summed E-state index contributed by atoms with van der Waals surface area (Å²) >= 11 is 0. The Morgan fingerprint density at radius 3 is 2.65 bits per heavy atom. The lowest BCUT2D eigenvalue weighted by Gasteiger charge is -2.11. The first kappa shape index (κ1) is 13.8. The molecule has 0 aliphatic rings. The molecule has 5 nitrogen and oxygen atoms in total. The fraction of sp³-hybridized carbons (Fsp3) is 0.500. The van der Waals surface area contributed by atoms with Crippen molar-refractivity contribution in [2.45, 2.75) is 6.10 Å². The Bertz CT molecular complexity index is 319. The maximum atomic E-state index is 9.08. The molecule has 1 atom stereocenters. The van der Waals surface area contributed by atoms with Crippen LogP contribution in [0.2, 0.25) is 0 Å². The van der Waals surface area contributed by atoms with Crippen LogP contribution >= 0.6 is 0 Å². The average Bonchev–Trinajstić information content (AvgIpc) is 2.38. The van der Waals surface area contributed by atoms with Gasteiger partial charge in [-0.25, -0.2) is 0 Å². The monoisotopic (exact) mass is 241 g/mol. The molecule has 5 heteroatoms. The lowest BCUT2D eigenvalue weighted by atomic mass is 10.3. The minimum Gasteiger partial charge on any atom is -0.493 e. The molecule has 0 aliphatic heterocycles. The standard InChI is InChI=1S/C12H19NO4/c1-16-11-4-2-3-5-12(11)17-7-6-13-8-10(15)9-14/h2-5,10,13-15H,6-9H2,1H3. The molecular weight excluding hydrogens is 222 g/mol. The number of hydrogen-bond donors (Lipinski definition) is 3. The lowest BCUT2D eigenvalue weighted by Crippen LogP contribution is -2.32. The van der Waals surface area contributed by atoms with Gasteiger partial charge in [-0.3, -0.25) is 0 Å². The highest BCUT2D eigenvalue weighted by molar-refractivity contribution is 5.39. The van der Waals surface area contributed by atoms with Crippen molar-refractivity contribution in [2.75, 3.05) is 33.4 Å². The first-order chi connectivity index (χ1) is 8.27. The zero-order chi connectivity index (χ0) is 12.5. The summed E-state index contributed by atoms with van der Waals surface area (Å²) in [5.74, 6) is 1.39. The van der Waals surface area contributed by atoms with Crippen molar-refractivity contribution in [3.8, 4) is 11.5 Å². The third-order valence-corrected chi connectivity index (χ3v) is 2.20. The van der Waals surface area contributed by atoms with Gasteiger partial charge in [0.05, 0.1) is 19.8 Å². The molecule has 0 radical (unpaired) electrons. The van der Waals surface area contributed by atoms with Gasteiger partial charge >= 0.3 is 0 Å². The van der Waals surface area contributed by atoms with Gasteiger partial charge < -0.3 is 25.0 Å². The number of hydrogen-bond acceptors (Lipinski definition) is 5. The van der Waals surface area contributed by atoms with Gasteiger partial charge in [-0.1, -0.05) is 12.1 Å². The van der Waals surface area contributed by atoms with Gasteiger partial charge in [0.2, 0.25) is 0 Å². The van der Waals surface area contributed by atoms with Crippen LogP contribution in [0.3, 0.4) is 0 Å². The van der Waals surface area contributed by atoms with Crippen LogP contribution < -0.4 is 14.8 Å². The number of ether oxygens (including phenoxy) is 2. The van der Waals surface area contributed by atoms with E-state index in [9.17, 15) is 0 Å². The number of rotatable bonds is 8. The number of para-hydroxylation sites is 2. The molecule has 0 amide bonds. The highest BCUT2D eigenvalue weighted by Gasteiger charge is 2.03. The zero-order valence-corrected chi connectivity index (χ0v) is 9.93. The Labute approximate surface area is 101 Å². The van der Waals surface area contributed by atoms with Gasteiger partial charge in [-0.15, -0.1) is 0 Å². The van der Waals surface area contributed by atoms with Crippen molar-refractivity contribution in [3.63, 3.8) is 0 Å². The highest BCUT2D eigenvalue weighted by Crippen LogP contribution is 2.25. The number of aliphatic hydroxyl groups is 2. The van der Waals surface area contributed by atoms with E-state index in [2.05, 4.69) is 5.32 Å². The molecule has 96 valence electrons. The van der Waals surface area contributed by atoms with Crippen LogP contribution in [0.4, 0.5) is 0 Å². The smallest absolute Gasteiger partial charge is 0.161 e. The van der Waals surface area contributed by atoms with Gasteiger partial charge in [0.25, 0.3) is 0 Å². The van der Waals surface area contributed by atoms with E-state index in [1.54, 1.807) is 7.11 Å². The van der Waals surface area contributed by atoms with E-state index in [1.165, 1.54) is 0 Å². The average molecular weight is 241 g/mol. The van der Waals surface area contributed by atoms with Crippen LogP contribution in [-0.2, 0) is 0 Å². The number of benzene rings is 1. The van der Waals surface area contributed by atoms with E-state index in [-0.39, 0.29) is 6.61 Å². The first-order valence-electron chi connectivity index (χ1n) is 5.53. The summed E-state index contributed by atoms with van der Waals surface area (Å²) in [6.45, 7) is 1.18. The predicted octanol–water partition coefficient (Wildman–Crippen LogP) is 0.0168. The normalized spacial score (nSPS) is 12.2. The zero-order valence-electron chi connectivity index (χ0n) is 9.93. The molecule has 17 heavy (non-hydrogen) atoms. The molecule has 0 aliphatic carbocycles. The summed E-state index contributed by atoms with van der Waals surface area (Å²) in [6, 6.07) is 7.42. The second kappa shape index (κ2) is 7.89. The highest BCUT2D eigenvalue weighted by atomic mass is 16.5. The summed E-state index contributed by atoms with van der Waals surface area (Å²) in [6.07, 6.45) is -0.721. The van der Waals surface area contributed by atoms with Crippen molar-refractivity contribution in [1.29, 1.82) is 0 Å². The topological polar surface area (TPSA) is 71.0 Å². The van der Waals surface area contributed by atoms with E-state index < -0.39 is 6.10 Å². The van der Waals surface area contributed by atoms with Crippen molar-refractivity contribution < 1.29 is 19.7 Å². The third-order valence-electron chi connectivity index (χ3n) is 2.20. The number of aliphatic hydroxyl groups excluding tert-OH is 2. The Morgan fingerprint density at radius 1 is 1.29 bits per heavy atom. The van der Waals surface area contributed by atoms with Gasteiger partial charge in [-0.05, 0) is 12.1 Å². The molecule has 1 aromatic rings. The fourth-order valence-corrected chi connectivity index (χ4v) is 1.30. The van der Waals surface area contributed by atoms with Crippen molar-refractivity contribution in [2.24, 2.45) is 0 Å². The molecule has 3 N–H and O–H groups in total. The minimum absolute atomic E-state index is 0.236. The summed E-state index contributed by atoms with van der Waals surface area (Å²) in [4.78, 5) is 0. The number of methoxy groups -OCH3 is 1.